The first-order chi connectivity index (χ1) is 9.09. The second-order valence-corrected chi connectivity index (χ2v) is 4.23. The number of nitrogens with one attached hydrogen (secondary N) is 1. The summed E-state index contributed by atoms with van der Waals surface area (Å²) < 4.78 is 1.48. The Bertz CT molecular complexity index is 706. The van der Waals surface area contributed by atoms with Crippen LogP contribution in [0.5, 0.6) is 0 Å². The molecule has 19 heavy (non-hydrogen) atoms. The normalized spacial score (nSPS) is 10.3. The second-order valence-electron chi connectivity index (χ2n) is 3.85. The number of aliphatic carboxylic acids is 1. The topological polar surface area (TPSA) is 88.0 Å². The minimum Gasteiger partial charge on any atom is -0.481 e. The Morgan fingerprint density at radius 3 is 2.68 bits per heavy atom. The number of nitrogens with zero attached hydrogens (tertiary/aromatic N) is 2. The van der Waals surface area contributed by atoms with Gasteiger partial charge in [0.1, 0.15) is 5.69 Å². The number of carbonyl (C=O) groups is 1. The molecule has 1 heterocycles. The molecule has 0 fully saturated rings. The Labute approximate surface area is 113 Å². The highest BCUT2D eigenvalue weighted by Crippen LogP contribution is 2.04. The van der Waals surface area contributed by atoms with Crippen molar-refractivity contribution in [3.8, 4) is 5.69 Å². The van der Waals surface area contributed by atoms with Crippen molar-refractivity contribution < 1.29 is 9.90 Å². The van der Waals surface area contributed by atoms with Gasteiger partial charge < -0.3 is 5.11 Å². The third kappa shape index (κ3) is 2.94. The van der Waals surface area contributed by atoms with E-state index in [2.05, 4.69) is 10.2 Å². The van der Waals surface area contributed by atoms with Crippen LogP contribution in [-0.4, -0.2) is 25.8 Å². The Hall–Kier alpha value is -2.28. The first kappa shape index (κ1) is 13.2. The van der Waals surface area contributed by atoms with Gasteiger partial charge in [-0.15, -0.1) is 0 Å². The van der Waals surface area contributed by atoms with Crippen LogP contribution in [0.2, 0.25) is 0 Å². The summed E-state index contributed by atoms with van der Waals surface area (Å²) in [6.45, 7) is 0. The molecule has 7 heteroatoms. The fourth-order valence-electron chi connectivity index (χ4n) is 1.63. The Kier molecular flexibility index (Phi) is 3.86. The summed E-state index contributed by atoms with van der Waals surface area (Å²) in [5, 5.41) is 15.0. The molecular weight excluding hydrogens is 266 g/mol. The fraction of sp³-hybridized carbons (Fsp3) is 0.167. The molecule has 0 aliphatic heterocycles. The molecular formula is C12H11N3O3S. The van der Waals surface area contributed by atoms with Gasteiger partial charge in [-0.3, -0.25) is 19.3 Å². The van der Waals surface area contributed by atoms with E-state index in [0.717, 1.165) is 0 Å². The zero-order valence-electron chi connectivity index (χ0n) is 9.87. The predicted molar refractivity (Wildman–Crippen MR) is 71.0 cm³/mol. The molecule has 0 saturated carbocycles. The first-order valence-corrected chi connectivity index (χ1v) is 5.98. The molecule has 0 amide bonds. The van der Waals surface area contributed by atoms with E-state index in [1.165, 1.54) is 4.57 Å². The highest BCUT2D eigenvalue weighted by atomic mass is 32.1. The van der Waals surface area contributed by atoms with E-state index in [-0.39, 0.29) is 23.3 Å². The van der Waals surface area contributed by atoms with E-state index in [0.29, 0.717) is 5.69 Å². The van der Waals surface area contributed by atoms with Crippen molar-refractivity contribution in [2.45, 2.75) is 12.8 Å². The van der Waals surface area contributed by atoms with Gasteiger partial charge in [-0.2, -0.15) is 5.10 Å². The molecule has 2 N–H and O–H groups in total. The molecule has 0 aliphatic rings. The van der Waals surface area contributed by atoms with E-state index < -0.39 is 11.5 Å². The van der Waals surface area contributed by atoms with Crippen LogP contribution in [0.15, 0.2) is 35.1 Å². The number of hydrogen-bond acceptors (Lipinski definition) is 4. The largest absolute Gasteiger partial charge is 0.481 e. The lowest BCUT2D eigenvalue weighted by molar-refractivity contribution is -0.136. The van der Waals surface area contributed by atoms with Gasteiger partial charge in [0.2, 0.25) is 4.77 Å². The van der Waals surface area contributed by atoms with Gasteiger partial charge in [0.15, 0.2) is 0 Å². The maximum Gasteiger partial charge on any atom is 0.303 e. The van der Waals surface area contributed by atoms with Gasteiger partial charge in [0.05, 0.1) is 12.1 Å². The molecule has 2 aromatic rings. The summed E-state index contributed by atoms with van der Waals surface area (Å²) in [6, 6.07) is 8.88. The van der Waals surface area contributed by atoms with Crippen molar-refractivity contribution in [1.29, 1.82) is 0 Å². The number of carboxylic acid groups (broad SMARTS) is 1. The van der Waals surface area contributed by atoms with E-state index in [9.17, 15) is 9.59 Å². The Morgan fingerprint density at radius 1 is 1.37 bits per heavy atom. The first-order valence-electron chi connectivity index (χ1n) is 5.57. The minimum absolute atomic E-state index is 0.0626. The molecule has 0 saturated heterocycles. The summed E-state index contributed by atoms with van der Waals surface area (Å²) in [5.74, 6) is -0.977. The summed E-state index contributed by atoms with van der Waals surface area (Å²) in [5.41, 5.74) is 0.378. The van der Waals surface area contributed by atoms with Gasteiger partial charge in [-0.05, 0) is 24.4 Å². The lowest BCUT2D eigenvalue weighted by Gasteiger charge is -2.06. The van der Waals surface area contributed by atoms with E-state index in [4.69, 9.17) is 17.3 Å². The number of aromatic amines is 1. The van der Waals surface area contributed by atoms with Crippen molar-refractivity contribution in [1.82, 2.24) is 14.8 Å². The van der Waals surface area contributed by atoms with Crippen molar-refractivity contribution in [3.63, 3.8) is 0 Å². The van der Waals surface area contributed by atoms with Crippen LogP contribution >= 0.6 is 12.2 Å². The van der Waals surface area contributed by atoms with E-state index >= 15 is 0 Å². The molecule has 2 rings (SSSR count). The highest BCUT2D eigenvalue weighted by molar-refractivity contribution is 7.71. The predicted octanol–water partition coefficient (Wildman–Crippen LogP) is 1.31. The molecule has 0 radical (unpaired) electrons. The lowest BCUT2D eigenvalue weighted by Crippen LogP contribution is -2.26. The quantitative estimate of drug-likeness (QED) is 0.823. The third-order valence-electron chi connectivity index (χ3n) is 2.53. The van der Waals surface area contributed by atoms with Gasteiger partial charge in [0.25, 0.3) is 5.56 Å². The summed E-state index contributed by atoms with van der Waals surface area (Å²) >= 11 is 5.05. The number of H-pyrrole nitrogens is 1. The zero-order chi connectivity index (χ0) is 13.8. The van der Waals surface area contributed by atoms with Crippen LogP contribution in [-0.2, 0) is 11.2 Å². The molecule has 1 aromatic heterocycles. The highest BCUT2D eigenvalue weighted by Gasteiger charge is 2.10. The van der Waals surface area contributed by atoms with Crippen molar-refractivity contribution in [2.24, 2.45) is 0 Å². The molecule has 0 bridgehead atoms. The van der Waals surface area contributed by atoms with Crippen molar-refractivity contribution in [3.05, 3.63) is 51.2 Å². The SMILES string of the molecule is O=C(O)CCc1n[nH]c(=S)n(-c2ccccc2)c1=O. The summed E-state index contributed by atoms with van der Waals surface area (Å²) in [6.07, 6.45) is -0.0885. The van der Waals surface area contributed by atoms with Crippen molar-refractivity contribution >= 4 is 18.2 Å². The van der Waals surface area contributed by atoms with E-state index in [1.54, 1.807) is 24.3 Å². The van der Waals surface area contributed by atoms with Crippen LogP contribution in [0, 0.1) is 4.77 Å². The van der Waals surface area contributed by atoms with Gasteiger partial charge in [0, 0.05) is 6.42 Å². The van der Waals surface area contributed by atoms with Crippen LogP contribution in [0.1, 0.15) is 12.1 Å². The molecule has 0 unspecified atom stereocenters. The van der Waals surface area contributed by atoms with E-state index in [1.807, 2.05) is 6.07 Å². The molecule has 0 atom stereocenters. The third-order valence-corrected chi connectivity index (χ3v) is 2.80. The number of rotatable bonds is 4. The van der Waals surface area contributed by atoms with Crippen LogP contribution < -0.4 is 5.56 Å². The van der Waals surface area contributed by atoms with Gasteiger partial charge in [-0.25, -0.2) is 0 Å². The molecule has 0 spiro atoms. The van der Waals surface area contributed by atoms with Crippen molar-refractivity contribution in [2.75, 3.05) is 0 Å². The molecule has 6 nitrogen and oxygen atoms in total. The molecule has 1 aromatic carbocycles. The number of benzene rings is 1. The smallest absolute Gasteiger partial charge is 0.303 e. The summed E-state index contributed by atoms with van der Waals surface area (Å²) in [7, 11) is 0. The number of carboxylic acids is 1. The average Bonchev–Trinajstić information content (AvgIpc) is 2.39. The van der Waals surface area contributed by atoms with Gasteiger partial charge >= 0.3 is 5.97 Å². The number of aryl methyl sites for hydroxylation is 1. The number of hydrogen-bond donors (Lipinski definition) is 2. The monoisotopic (exact) mass is 277 g/mol. The Morgan fingerprint density at radius 2 is 2.05 bits per heavy atom. The number of para-hydroxylation sites is 1. The minimum atomic E-state index is -0.977. The molecule has 0 aliphatic carbocycles. The standard InChI is InChI=1S/C12H11N3O3S/c16-10(17)7-6-9-11(18)15(12(19)14-13-9)8-4-2-1-3-5-8/h1-5H,6-7H2,(H,14,19)(H,16,17). The van der Waals surface area contributed by atoms with Crippen LogP contribution in [0.4, 0.5) is 0 Å². The zero-order valence-corrected chi connectivity index (χ0v) is 10.7. The second kappa shape index (κ2) is 5.57. The van der Waals surface area contributed by atoms with Crippen LogP contribution in [0.3, 0.4) is 0 Å². The maximum atomic E-state index is 12.2. The average molecular weight is 277 g/mol. The number of aromatic nitrogens is 3. The molecule has 98 valence electrons. The maximum absolute atomic E-state index is 12.2. The van der Waals surface area contributed by atoms with Gasteiger partial charge in [-0.1, -0.05) is 18.2 Å². The fourth-order valence-corrected chi connectivity index (χ4v) is 1.87. The van der Waals surface area contributed by atoms with Crippen LogP contribution in [0.25, 0.3) is 5.69 Å². The Balaban J connectivity index is 2.50. The lowest BCUT2D eigenvalue weighted by atomic mass is 10.2. The summed E-state index contributed by atoms with van der Waals surface area (Å²) in [4.78, 5) is 22.8.